The van der Waals surface area contributed by atoms with Crippen LogP contribution in [0.3, 0.4) is 0 Å². The van der Waals surface area contributed by atoms with E-state index in [1.165, 1.54) is 0 Å². The molecule has 0 aliphatic carbocycles. The van der Waals surface area contributed by atoms with Gasteiger partial charge in [0.1, 0.15) is 0 Å². The van der Waals surface area contributed by atoms with Gasteiger partial charge in [0, 0.05) is 5.33 Å². The summed E-state index contributed by atoms with van der Waals surface area (Å²) in [6.45, 7) is 0. The van der Waals surface area contributed by atoms with Crippen LogP contribution >= 0.6 is 15.9 Å². The molecule has 0 spiro atoms. The van der Waals surface area contributed by atoms with Gasteiger partial charge in [0.2, 0.25) is 5.75 Å². The van der Waals surface area contributed by atoms with Gasteiger partial charge in [0.15, 0.2) is 11.5 Å². The molecular formula is C12H17BrO3. The summed E-state index contributed by atoms with van der Waals surface area (Å²) >= 11 is 3.42. The Kier molecular flexibility index (Phi) is 5.46. The van der Waals surface area contributed by atoms with Crippen LogP contribution in [0, 0.1) is 0 Å². The number of hydrogen-bond donors (Lipinski definition) is 0. The third-order valence-corrected chi connectivity index (χ3v) is 2.93. The molecule has 0 fully saturated rings. The molecule has 0 saturated heterocycles. The molecule has 0 amide bonds. The lowest BCUT2D eigenvalue weighted by molar-refractivity contribution is 0.322. The molecule has 0 radical (unpaired) electrons. The molecule has 4 heteroatoms. The van der Waals surface area contributed by atoms with E-state index >= 15 is 0 Å². The monoisotopic (exact) mass is 288 g/mol. The zero-order valence-electron chi connectivity index (χ0n) is 9.88. The van der Waals surface area contributed by atoms with Crippen molar-refractivity contribution >= 4 is 15.9 Å². The average molecular weight is 289 g/mol. The second-order valence-electron chi connectivity index (χ2n) is 3.29. The van der Waals surface area contributed by atoms with Gasteiger partial charge >= 0.3 is 0 Å². The number of aryl methyl sites for hydroxylation is 1. The van der Waals surface area contributed by atoms with Gasteiger partial charge in [-0.05, 0) is 24.5 Å². The zero-order valence-corrected chi connectivity index (χ0v) is 11.5. The molecule has 1 rings (SSSR count). The maximum absolute atomic E-state index is 5.39. The number of rotatable bonds is 6. The van der Waals surface area contributed by atoms with Crippen molar-refractivity contribution in [1.82, 2.24) is 0 Å². The number of alkyl halides is 1. The highest BCUT2D eigenvalue weighted by atomic mass is 79.9. The summed E-state index contributed by atoms with van der Waals surface area (Å²) in [4.78, 5) is 0. The van der Waals surface area contributed by atoms with Gasteiger partial charge in [0.05, 0.1) is 21.3 Å². The molecule has 0 saturated carbocycles. The molecule has 0 aliphatic heterocycles. The summed E-state index contributed by atoms with van der Waals surface area (Å²) < 4.78 is 15.9. The lowest BCUT2D eigenvalue weighted by Crippen LogP contribution is -1.99. The average Bonchev–Trinajstić information content (AvgIpc) is 2.34. The maximum atomic E-state index is 5.39. The number of methoxy groups -OCH3 is 3. The van der Waals surface area contributed by atoms with Crippen molar-refractivity contribution in [1.29, 1.82) is 0 Å². The first-order valence-electron chi connectivity index (χ1n) is 5.12. The van der Waals surface area contributed by atoms with Gasteiger partial charge in [-0.25, -0.2) is 0 Å². The normalized spacial score (nSPS) is 10.0. The van der Waals surface area contributed by atoms with Crippen molar-refractivity contribution < 1.29 is 14.2 Å². The number of halogens is 1. The molecule has 1 aromatic rings. The molecule has 1 aromatic carbocycles. The Bertz CT molecular complexity index is 339. The molecule has 0 atom stereocenters. The molecule has 0 bridgehead atoms. The van der Waals surface area contributed by atoms with Gasteiger partial charge < -0.3 is 14.2 Å². The Hall–Kier alpha value is -0.900. The van der Waals surface area contributed by atoms with E-state index in [0.29, 0.717) is 11.5 Å². The summed E-state index contributed by atoms with van der Waals surface area (Å²) in [6.07, 6.45) is 2.01. The van der Waals surface area contributed by atoms with E-state index in [1.54, 1.807) is 21.3 Å². The van der Waals surface area contributed by atoms with Crippen LogP contribution < -0.4 is 14.2 Å². The molecule has 0 unspecified atom stereocenters. The predicted octanol–water partition coefficient (Wildman–Crippen LogP) is 3.04. The van der Waals surface area contributed by atoms with E-state index in [-0.39, 0.29) is 0 Å². The first-order chi connectivity index (χ1) is 7.78. The molecule has 16 heavy (non-hydrogen) atoms. The fourth-order valence-corrected chi connectivity index (χ4v) is 1.90. The van der Waals surface area contributed by atoms with Crippen LogP contribution in [0.1, 0.15) is 12.0 Å². The van der Waals surface area contributed by atoms with E-state index in [1.807, 2.05) is 12.1 Å². The Morgan fingerprint density at radius 2 is 1.69 bits per heavy atom. The zero-order chi connectivity index (χ0) is 12.0. The quantitative estimate of drug-likeness (QED) is 0.753. The third-order valence-electron chi connectivity index (χ3n) is 2.37. The molecular weight excluding hydrogens is 272 g/mol. The highest BCUT2D eigenvalue weighted by molar-refractivity contribution is 9.09. The predicted molar refractivity (Wildman–Crippen MR) is 68.2 cm³/mol. The van der Waals surface area contributed by atoms with Crippen molar-refractivity contribution in [2.45, 2.75) is 12.8 Å². The first kappa shape index (κ1) is 13.2. The summed E-state index contributed by atoms with van der Waals surface area (Å²) in [6, 6.07) is 3.92. The van der Waals surface area contributed by atoms with Crippen LogP contribution in [0.4, 0.5) is 0 Å². The lowest BCUT2D eigenvalue weighted by Gasteiger charge is -2.15. The van der Waals surface area contributed by atoms with E-state index < -0.39 is 0 Å². The largest absolute Gasteiger partial charge is 0.493 e. The third kappa shape index (κ3) is 2.82. The van der Waals surface area contributed by atoms with Gasteiger partial charge in [0.25, 0.3) is 0 Å². The van der Waals surface area contributed by atoms with Crippen molar-refractivity contribution in [3.8, 4) is 17.2 Å². The number of hydrogen-bond acceptors (Lipinski definition) is 3. The van der Waals surface area contributed by atoms with Crippen molar-refractivity contribution in [2.75, 3.05) is 26.7 Å². The van der Waals surface area contributed by atoms with Crippen molar-refractivity contribution in [3.63, 3.8) is 0 Å². The topological polar surface area (TPSA) is 27.7 Å². The highest BCUT2D eigenvalue weighted by Crippen LogP contribution is 2.40. The minimum absolute atomic E-state index is 0.664. The van der Waals surface area contributed by atoms with Crippen LogP contribution in [0.15, 0.2) is 12.1 Å². The van der Waals surface area contributed by atoms with Crippen LogP contribution in [0.2, 0.25) is 0 Å². The van der Waals surface area contributed by atoms with Crippen LogP contribution in [-0.4, -0.2) is 26.7 Å². The Morgan fingerprint density at radius 1 is 1.00 bits per heavy atom. The molecule has 0 aromatic heterocycles. The minimum Gasteiger partial charge on any atom is -0.493 e. The van der Waals surface area contributed by atoms with E-state index in [0.717, 1.165) is 29.5 Å². The Labute approximate surface area is 105 Å². The van der Waals surface area contributed by atoms with Crippen LogP contribution in [-0.2, 0) is 6.42 Å². The van der Waals surface area contributed by atoms with Gasteiger partial charge in [-0.1, -0.05) is 22.0 Å². The second-order valence-corrected chi connectivity index (χ2v) is 4.08. The van der Waals surface area contributed by atoms with E-state index in [9.17, 15) is 0 Å². The molecule has 0 N–H and O–H groups in total. The standard InChI is InChI=1S/C12H17BrO3/c1-14-10-7-6-9(5-4-8-13)11(15-2)12(10)16-3/h6-7H,4-5,8H2,1-3H3. The summed E-state index contributed by atoms with van der Waals surface area (Å²) in [5.41, 5.74) is 1.14. The molecule has 3 nitrogen and oxygen atoms in total. The summed E-state index contributed by atoms with van der Waals surface area (Å²) in [5, 5.41) is 0.977. The summed E-state index contributed by atoms with van der Waals surface area (Å²) in [7, 11) is 4.89. The molecule has 90 valence electrons. The van der Waals surface area contributed by atoms with E-state index in [2.05, 4.69) is 15.9 Å². The van der Waals surface area contributed by atoms with Crippen molar-refractivity contribution in [2.24, 2.45) is 0 Å². The van der Waals surface area contributed by atoms with Gasteiger partial charge in [-0.15, -0.1) is 0 Å². The maximum Gasteiger partial charge on any atom is 0.203 e. The molecule has 0 aliphatic rings. The number of benzene rings is 1. The fourth-order valence-electron chi connectivity index (χ4n) is 1.62. The fraction of sp³-hybridized carbons (Fsp3) is 0.500. The van der Waals surface area contributed by atoms with Crippen molar-refractivity contribution in [3.05, 3.63) is 17.7 Å². The van der Waals surface area contributed by atoms with Crippen LogP contribution in [0.5, 0.6) is 17.2 Å². The highest BCUT2D eigenvalue weighted by Gasteiger charge is 2.14. The van der Waals surface area contributed by atoms with Gasteiger partial charge in [-0.3, -0.25) is 0 Å². The number of ether oxygens (including phenoxy) is 3. The Balaban J connectivity index is 3.10. The lowest BCUT2D eigenvalue weighted by atomic mass is 10.1. The Morgan fingerprint density at radius 3 is 2.19 bits per heavy atom. The minimum atomic E-state index is 0.664. The first-order valence-corrected chi connectivity index (χ1v) is 6.24. The second kappa shape index (κ2) is 6.63. The summed E-state index contributed by atoms with van der Waals surface area (Å²) in [5.74, 6) is 2.13. The smallest absolute Gasteiger partial charge is 0.203 e. The SMILES string of the molecule is COc1ccc(CCCBr)c(OC)c1OC. The van der Waals surface area contributed by atoms with E-state index in [4.69, 9.17) is 14.2 Å². The molecule has 0 heterocycles. The van der Waals surface area contributed by atoms with Gasteiger partial charge in [-0.2, -0.15) is 0 Å². The van der Waals surface area contributed by atoms with Crippen LogP contribution in [0.25, 0.3) is 0 Å².